The Balaban J connectivity index is 1.70. The lowest BCUT2D eigenvalue weighted by Crippen LogP contribution is -2.59. The van der Waals surface area contributed by atoms with E-state index in [4.69, 9.17) is 9.47 Å². The zero-order valence-corrected chi connectivity index (χ0v) is 20.8. The van der Waals surface area contributed by atoms with E-state index in [1.165, 1.54) is 12.1 Å². The largest absolute Gasteiger partial charge is 0.494 e. The molecule has 0 spiro atoms. The van der Waals surface area contributed by atoms with Gasteiger partial charge in [0.05, 0.1) is 6.61 Å². The molecular weight excluding hydrogens is 524 g/mol. The highest BCUT2D eigenvalue weighted by atomic mass is 19.4. The quantitative estimate of drug-likeness (QED) is 0.234. The average molecular weight is 550 g/mol. The van der Waals surface area contributed by atoms with E-state index in [9.17, 15) is 31.1 Å². The Kier molecular flexibility index (Phi) is 7.94. The Labute approximate surface area is 221 Å². The lowest BCUT2D eigenvalue weighted by molar-refractivity contribution is -0.202. The standard InChI is InChI=1S/C29H25F6NO3/c1-19-8-10-20(11-9-19)24-18-27(29(33,34)35,36-26(37)25(24)39-23-6-3-2-4-7-23)21-12-14-22(15-13-21)38-17-5-16-28(30,31)32/h2-4,6-15H,5,16-18H2,1H3,(H,36,37)/t27-/m0/s1. The molecule has 0 bridgehead atoms. The van der Waals surface area contributed by atoms with E-state index in [0.717, 1.165) is 17.7 Å². The highest BCUT2D eigenvalue weighted by Crippen LogP contribution is 2.48. The molecule has 1 amide bonds. The number of hydrogen-bond donors (Lipinski definition) is 1. The van der Waals surface area contributed by atoms with Gasteiger partial charge in [-0.3, -0.25) is 4.79 Å². The fourth-order valence-corrected chi connectivity index (χ4v) is 4.29. The van der Waals surface area contributed by atoms with Gasteiger partial charge in [0, 0.05) is 18.4 Å². The predicted molar refractivity (Wildman–Crippen MR) is 133 cm³/mol. The molecule has 1 atom stereocenters. The third-order valence-corrected chi connectivity index (χ3v) is 6.32. The monoisotopic (exact) mass is 549 g/mol. The van der Waals surface area contributed by atoms with Crippen LogP contribution in [0.1, 0.15) is 36.0 Å². The zero-order valence-electron chi connectivity index (χ0n) is 20.8. The van der Waals surface area contributed by atoms with E-state index < -0.39 is 36.6 Å². The van der Waals surface area contributed by atoms with Gasteiger partial charge in [-0.2, -0.15) is 26.3 Å². The molecule has 0 saturated heterocycles. The maximum absolute atomic E-state index is 14.8. The second kappa shape index (κ2) is 11.0. The Morgan fingerprint density at radius 3 is 2.08 bits per heavy atom. The van der Waals surface area contributed by atoms with E-state index in [0.29, 0.717) is 11.3 Å². The first-order chi connectivity index (χ1) is 18.4. The number of ether oxygens (including phenoxy) is 2. The van der Waals surface area contributed by atoms with Crippen LogP contribution in [0.25, 0.3) is 5.57 Å². The van der Waals surface area contributed by atoms with Crippen LogP contribution in [0.2, 0.25) is 0 Å². The molecule has 0 fully saturated rings. The van der Waals surface area contributed by atoms with Crippen molar-refractivity contribution in [3.63, 3.8) is 0 Å². The lowest BCUT2D eigenvalue weighted by atomic mass is 9.78. The number of halogens is 6. The normalized spacial score (nSPS) is 18.1. The van der Waals surface area contributed by atoms with E-state index in [-0.39, 0.29) is 35.7 Å². The van der Waals surface area contributed by atoms with Crippen molar-refractivity contribution in [1.82, 2.24) is 5.32 Å². The number of alkyl halides is 6. The van der Waals surface area contributed by atoms with Crippen LogP contribution in [0.4, 0.5) is 26.3 Å². The summed E-state index contributed by atoms with van der Waals surface area (Å²) in [6, 6.07) is 19.8. The number of para-hydroxylation sites is 1. The summed E-state index contributed by atoms with van der Waals surface area (Å²) in [6.45, 7) is 1.58. The molecule has 1 aliphatic rings. The van der Waals surface area contributed by atoms with Gasteiger partial charge in [-0.15, -0.1) is 0 Å². The third-order valence-electron chi connectivity index (χ3n) is 6.32. The smallest absolute Gasteiger partial charge is 0.416 e. The van der Waals surface area contributed by atoms with Crippen molar-refractivity contribution in [1.29, 1.82) is 0 Å². The fourth-order valence-electron chi connectivity index (χ4n) is 4.29. The van der Waals surface area contributed by atoms with Gasteiger partial charge in [0.1, 0.15) is 11.5 Å². The summed E-state index contributed by atoms with van der Waals surface area (Å²) >= 11 is 0. The summed E-state index contributed by atoms with van der Waals surface area (Å²) < 4.78 is 92.5. The van der Waals surface area contributed by atoms with Crippen LogP contribution in [0, 0.1) is 6.92 Å². The minimum Gasteiger partial charge on any atom is -0.494 e. The van der Waals surface area contributed by atoms with Crippen molar-refractivity contribution in [2.75, 3.05) is 6.61 Å². The van der Waals surface area contributed by atoms with Crippen molar-refractivity contribution >= 4 is 11.5 Å². The Bertz CT molecular complexity index is 1320. The molecule has 1 N–H and O–H groups in total. The maximum Gasteiger partial charge on any atom is 0.416 e. The zero-order chi connectivity index (χ0) is 28.3. The average Bonchev–Trinajstić information content (AvgIpc) is 2.88. The number of nitrogens with one attached hydrogen (secondary N) is 1. The number of benzene rings is 3. The molecule has 10 heteroatoms. The first-order valence-electron chi connectivity index (χ1n) is 12.1. The molecule has 3 aromatic carbocycles. The summed E-state index contributed by atoms with van der Waals surface area (Å²) in [4.78, 5) is 13.3. The van der Waals surface area contributed by atoms with E-state index >= 15 is 0 Å². The molecular formula is C29H25F6NO3. The van der Waals surface area contributed by atoms with Crippen LogP contribution in [-0.4, -0.2) is 24.9 Å². The predicted octanol–water partition coefficient (Wildman–Crippen LogP) is 7.48. The third kappa shape index (κ3) is 6.55. The van der Waals surface area contributed by atoms with Gasteiger partial charge in [-0.25, -0.2) is 0 Å². The van der Waals surface area contributed by atoms with Crippen molar-refractivity contribution < 1.29 is 40.6 Å². The minimum absolute atomic E-state index is 0.0763. The number of carbonyl (C=O) groups is 1. The van der Waals surface area contributed by atoms with Crippen LogP contribution in [0.3, 0.4) is 0 Å². The molecule has 1 aliphatic heterocycles. The van der Waals surface area contributed by atoms with Crippen LogP contribution in [0.15, 0.2) is 84.6 Å². The molecule has 39 heavy (non-hydrogen) atoms. The van der Waals surface area contributed by atoms with Crippen LogP contribution in [-0.2, 0) is 10.3 Å². The number of amides is 1. The van der Waals surface area contributed by atoms with Crippen molar-refractivity contribution in [2.24, 2.45) is 0 Å². The summed E-state index contributed by atoms with van der Waals surface area (Å²) in [5.74, 6) is -0.874. The van der Waals surface area contributed by atoms with Crippen molar-refractivity contribution in [3.05, 3.63) is 101 Å². The molecule has 0 unspecified atom stereocenters. The lowest BCUT2D eigenvalue weighted by Gasteiger charge is -2.41. The second-order valence-corrected chi connectivity index (χ2v) is 9.21. The van der Waals surface area contributed by atoms with Crippen LogP contribution < -0.4 is 14.8 Å². The first-order valence-corrected chi connectivity index (χ1v) is 12.1. The minimum atomic E-state index is -4.91. The van der Waals surface area contributed by atoms with Crippen molar-refractivity contribution in [3.8, 4) is 11.5 Å². The Morgan fingerprint density at radius 2 is 1.49 bits per heavy atom. The molecule has 1 heterocycles. The highest BCUT2D eigenvalue weighted by molar-refractivity contribution is 6.02. The van der Waals surface area contributed by atoms with Gasteiger partial charge in [-0.1, -0.05) is 60.2 Å². The summed E-state index contributed by atoms with van der Waals surface area (Å²) in [5.41, 5.74) is -1.68. The number of carbonyl (C=O) groups excluding carboxylic acids is 1. The summed E-state index contributed by atoms with van der Waals surface area (Å²) in [7, 11) is 0. The molecule has 4 nitrogen and oxygen atoms in total. The maximum atomic E-state index is 14.8. The summed E-state index contributed by atoms with van der Waals surface area (Å²) in [6.07, 6.45) is -11.2. The Hall–Kier alpha value is -3.95. The van der Waals surface area contributed by atoms with E-state index in [1.807, 2.05) is 6.92 Å². The first kappa shape index (κ1) is 28.1. The summed E-state index contributed by atoms with van der Waals surface area (Å²) in [5, 5.41) is 2.14. The van der Waals surface area contributed by atoms with Gasteiger partial charge in [-0.05, 0) is 48.7 Å². The van der Waals surface area contributed by atoms with Crippen molar-refractivity contribution in [2.45, 2.75) is 44.1 Å². The van der Waals surface area contributed by atoms with Gasteiger partial charge in [0.15, 0.2) is 11.3 Å². The van der Waals surface area contributed by atoms with Crippen LogP contribution >= 0.6 is 0 Å². The Morgan fingerprint density at radius 1 is 0.846 bits per heavy atom. The molecule has 3 aromatic rings. The fraction of sp³-hybridized carbons (Fsp3) is 0.276. The molecule has 4 rings (SSSR count). The number of aryl methyl sites for hydroxylation is 1. The number of rotatable bonds is 8. The van der Waals surface area contributed by atoms with Crippen LogP contribution in [0.5, 0.6) is 11.5 Å². The van der Waals surface area contributed by atoms with Gasteiger partial charge >= 0.3 is 12.4 Å². The van der Waals surface area contributed by atoms with E-state index in [1.54, 1.807) is 54.6 Å². The van der Waals surface area contributed by atoms with Gasteiger partial charge < -0.3 is 14.8 Å². The molecule has 0 aliphatic carbocycles. The highest BCUT2D eigenvalue weighted by Gasteiger charge is 2.60. The van der Waals surface area contributed by atoms with Gasteiger partial charge in [0.25, 0.3) is 5.91 Å². The molecule has 206 valence electrons. The molecule has 0 aromatic heterocycles. The van der Waals surface area contributed by atoms with Gasteiger partial charge in [0.2, 0.25) is 0 Å². The topological polar surface area (TPSA) is 47.6 Å². The second-order valence-electron chi connectivity index (χ2n) is 9.21. The SMILES string of the molecule is Cc1ccc(C2=C(Oc3ccccc3)C(=O)N[C@@](c3ccc(OCCCC(F)(F)F)cc3)(C(F)(F)F)C2)cc1. The number of hydrogen-bond acceptors (Lipinski definition) is 3. The molecule has 0 radical (unpaired) electrons. The van der Waals surface area contributed by atoms with E-state index in [2.05, 4.69) is 5.32 Å². The molecule has 0 saturated carbocycles.